The standard InChI is InChI=1S/C27H27N5O5/c1-35-21-5-3-20(4-6-21)32-16-19(15-26(32)33)27(34)31-12-10-30(11-13-31)25-9-7-22(28-29-25)18-2-8-23-24(14-18)37-17-36-23/h2-9,14,19H,10-13,15-17H2,1H3. The molecule has 2 saturated heterocycles. The second-order valence-electron chi connectivity index (χ2n) is 9.26. The van der Waals surface area contributed by atoms with Crippen molar-refractivity contribution in [2.24, 2.45) is 5.92 Å². The van der Waals surface area contributed by atoms with Gasteiger partial charge in [0.2, 0.25) is 18.6 Å². The average molecular weight is 502 g/mol. The molecule has 10 heteroatoms. The van der Waals surface area contributed by atoms with E-state index >= 15 is 0 Å². The number of benzene rings is 2. The predicted molar refractivity (Wildman–Crippen MR) is 136 cm³/mol. The van der Waals surface area contributed by atoms with Crippen LogP contribution in [-0.4, -0.2) is 73.5 Å². The van der Waals surface area contributed by atoms with Gasteiger partial charge in [-0.25, -0.2) is 0 Å². The Morgan fingerprint density at radius 2 is 1.73 bits per heavy atom. The third kappa shape index (κ3) is 4.50. The minimum atomic E-state index is -0.332. The summed E-state index contributed by atoms with van der Waals surface area (Å²) in [6.45, 7) is 3.11. The molecule has 2 amide bonds. The smallest absolute Gasteiger partial charge is 0.231 e. The number of fused-ring (bicyclic) bond motifs is 1. The number of amides is 2. The van der Waals surface area contributed by atoms with E-state index in [1.165, 1.54) is 0 Å². The van der Waals surface area contributed by atoms with Gasteiger partial charge in [0, 0.05) is 50.4 Å². The van der Waals surface area contributed by atoms with Gasteiger partial charge in [0.1, 0.15) is 5.75 Å². The number of hydrogen-bond acceptors (Lipinski definition) is 8. The van der Waals surface area contributed by atoms with Crippen molar-refractivity contribution in [2.75, 3.05) is 56.4 Å². The van der Waals surface area contributed by atoms with Gasteiger partial charge in [-0.05, 0) is 54.6 Å². The van der Waals surface area contributed by atoms with E-state index < -0.39 is 0 Å². The molecule has 1 unspecified atom stereocenters. The van der Waals surface area contributed by atoms with Crippen LogP contribution < -0.4 is 24.0 Å². The molecule has 0 bridgehead atoms. The molecule has 0 spiro atoms. The molecule has 10 nitrogen and oxygen atoms in total. The van der Waals surface area contributed by atoms with Crippen LogP contribution in [0.4, 0.5) is 11.5 Å². The van der Waals surface area contributed by atoms with Crippen molar-refractivity contribution >= 4 is 23.3 Å². The lowest BCUT2D eigenvalue weighted by Crippen LogP contribution is -2.51. The van der Waals surface area contributed by atoms with Crippen LogP contribution in [0.25, 0.3) is 11.3 Å². The second-order valence-corrected chi connectivity index (χ2v) is 9.26. The zero-order valence-electron chi connectivity index (χ0n) is 20.5. The van der Waals surface area contributed by atoms with Gasteiger partial charge in [0.05, 0.1) is 18.7 Å². The molecule has 1 atom stereocenters. The van der Waals surface area contributed by atoms with Crippen LogP contribution in [0.1, 0.15) is 6.42 Å². The van der Waals surface area contributed by atoms with Crippen LogP contribution in [0, 0.1) is 5.92 Å². The molecular weight excluding hydrogens is 474 g/mol. The largest absolute Gasteiger partial charge is 0.497 e. The SMILES string of the molecule is COc1ccc(N2CC(C(=O)N3CCN(c4ccc(-c5ccc6c(c5)OCO6)nn4)CC3)CC2=O)cc1. The maximum absolute atomic E-state index is 13.2. The highest BCUT2D eigenvalue weighted by Gasteiger charge is 2.38. The van der Waals surface area contributed by atoms with Crippen molar-refractivity contribution in [1.82, 2.24) is 15.1 Å². The lowest BCUT2D eigenvalue weighted by Gasteiger charge is -2.36. The zero-order chi connectivity index (χ0) is 25.4. The van der Waals surface area contributed by atoms with Gasteiger partial charge in [-0.1, -0.05) is 0 Å². The summed E-state index contributed by atoms with van der Waals surface area (Å²) in [5, 5.41) is 8.83. The Hall–Kier alpha value is -4.34. The first-order valence-corrected chi connectivity index (χ1v) is 12.3. The Balaban J connectivity index is 1.05. The fourth-order valence-electron chi connectivity index (χ4n) is 5.00. The Labute approximate surface area is 214 Å². The van der Waals surface area contributed by atoms with Crippen molar-refractivity contribution in [2.45, 2.75) is 6.42 Å². The number of ether oxygens (including phenoxy) is 3. The molecule has 0 radical (unpaired) electrons. The molecule has 4 heterocycles. The fraction of sp³-hybridized carbons (Fsp3) is 0.333. The van der Waals surface area contributed by atoms with E-state index in [1.54, 1.807) is 12.0 Å². The van der Waals surface area contributed by atoms with Crippen LogP contribution in [-0.2, 0) is 9.59 Å². The lowest BCUT2D eigenvalue weighted by molar-refractivity contribution is -0.136. The van der Waals surface area contributed by atoms with Gasteiger partial charge >= 0.3 is 0 Å². The Morgan fingerprint density at radius 3 is 2.46 bits per heavy atom. The maximum Gasteiger partial charge on any atom is 0.231 e. The maximum atomic E-state index is 13.2. The van der Waals surface area contributed by atoms with Crippen molar-refractivity contribution in [1.29, 1.82) is 0 Å². The van der Waals surface area contributed by atoms with Crippen LogP contribution in [0.3, 0.4) is 0 Å². The first-order valence-electron chi connectivity index (χ1n) is 12.3. The molecule has 0 N–H and O–H groups in total. The van der Waals surface area contributed by atoms with Crippen molar-refractivity contribution in [3.8, 4) is 28.5 Å². The van der Waals surface area contributed by atoms with Crippen LogP contribution >= 0.6 is 0 Å². The summed E-state index contributed by atoms with van der Waals surface area (Å²) in [6, 6.07) is 16.9. The fourth-order valence-corrected chi connectivity index (χ4v) is 5.00. The third-order valence-corrected chi connectivity index (χ3v) is 7.09. The zero-order valence-corrected chi connectivity index (χ0v) is 20.5. The second kappa shape index (κ2) is 9.61. The highest BCUT2D eigenvalue weighted by atomic mass is 16.7. The number of nitrogens with zero attached hydrogens (tertiary/aromatic N) is 5. The van der Waals surface area contributed by atoms with Gasteiger partial charge in [0.25, 0.3) is 0 Å². The number of carbonyl (C=O) groups is 2. The van der Waals surface area contributed by atoms with Gasteiger partial charge in [-0.15, -0.1) is 10.2 Å². The normalized spacial score (nSPS) is 18.9. The lowest BCUT2D eigenvalue weighted by atomic mass is 10.1. The summed E-state index contributed by atoms with van der Waals surface area (Å²) in [7, 11) is 1.60. The molecule has 37 heavy (non-hydrogen) atoms. The summed E-state index contributed by atoms with van der Waals surface area (Å²) in [4.78, 5) is 31.5. The molecule has 0 aliphatic carbocycles. The van der Waals surface area contributed by atoms with Crippen LogP contribution in [0.2, 0.25) is 0 Å². The topological polar surface area (TPSA) is 97.3 Å². The molecule has 0 saturated carbocycles. The number of aromatic nitrogens is 2. The number of anilines is 2. The highest BCUT2D eigenvalue weighted by molar-refractivity contribution is 6.00. The summed E-state index contributed by atoms with van der Waals surface area (Å²) >= 11 is 0. The summed E-state index contributed by atoms with van der Waals surface area (Å²) in [5.41, 5.74) is 2.45. The van der Waals surface area contributed by atoms with Crippen molar-refractivity contribution in [3.05, 3.63) is 54.6 Å². The predicted octanol–water partition coefficient (Wildman–Crippen LogP) is 2.58. The molecule has 6 rings (SSSR count). The molecule has 1 aromatic heterocycles. The average Bonchev–Trinajstić information content (AvgIpc) is 3.59. The minimum absolute atomic E-state index is 0.0278. The van der Waals surface area contributed by atoms with Crippen LogP contribution in [0.5, 0.6) is 17.2 Å². The summed E-state index contributed by atoms with van der Waals surface area (Å²) in [6.07, 6.45) is 0.234. The van der Waals surface area contributed by atoms with Gasteiger partial charge in [0.15, 0.2) is 17.3 Å². The summed E-state index contributed by atoms with van der Waals surface area (Å²) < 4.78 is 16.0. The Kier molecular flexibility index (Phi) is 5.99. The van der Waals surface area contributed by atoms with E-state index in [2.05, 4.69) is 15.1 Å². The molecule has 3 aliphatic rings. The number of carbonyl (C=O) groups excluding carboxylic acids is 2. The monoisotopic (exact) mass is 501 g/mol. The quantitative estimate of drug-likeness (QED) is 0.526. The van der Waals surface area contributed by atoms with E-state index in [9.17, 15) is 9.59 Å². The van der Waals surface area contributed by atoms with Gasteiger partial charge in [-0.2, -0.15) is 0 Å². The van der Waals surface area contributed by atoms with E-state index in [0.717, 1.165) is 34.3 Å². The van der Waals surface area contributed by atoms with Gasteiger partial charge in [-0.3, -0.25) is 9.59 Å². The first-order chi connectivity index (χ1) is 18.1. The van der Waals surface area contributed by atoms with Crippen molar-refractivity contribution in [3.63, 3.8) is 0 Å². The molecule has 2 fully saturated rings. The van der Waals surface area contributed by atoms with E-state index in [-0.39, 0.29) is 30.9 Å². The molecule has 3 aromatic rings. The molecule has 190 valence electrons. The third-order valence-electron chi connectivity index (χ3n) is 7.09. The van der Waals surface area contributed by atoms with Crippen LogP contribution in [0.15, 0.2) is 54.6 Å². The highest BCUT2D eigenvalue weighted by Crippen LogP contribution is 2.35. The Bertz CT molecular complexity index is 1310. The number of rotatable bonds is 5. The number of piperazine rings is 1. The summed E-state index contributed by atoms with van der Waals surface area (Å²) in [5.74, 6) is 2.62. The van der Waals surface area contributed by atoms with E-state index in [0.29, 0.717) is 38.5 Å². The van der Waals surface area contributed by atoms with Gasteiger partial charge < -0.3 is 28.9 Å². The Morgan fingerprint density at radius 1 is 0.946 bits per heavy atom. The van der Waals surface area contributed by atoms with Crippen molar-refractivity contribution < 1.29 is 23.8 Å². The molecule has 3 aliphatic heterocycles. The first kappa shape index (κ1) is 23.1. The minimum Gasteiger partial charge on any atom is -0.497 e. The molecular formula is C27H27N5O5. The van der Waals surface area contributed by atoms with E-state index in [1.807, 2.05) is 59.5 Å². The molecule has 2 aromatic carbocycles. The van der Waals surface area contributed by atoms with E-state index in [4.69, 9.17) is 14.2 Å². The number of methoxy groups -OCH3 is 1. The number of hydrogen-bond donors (Lipinski definition) is 0.